The zero-order chi connectivity index (χ0) is 32.2. The van der Waals surface area contributed by atoms with Crippen LogP contribution in [0.2, 0.25) is 0 Å². The molecular weight excluding hydrogens is 590 g/mol. The maximum atomic E-state index is 13.4. The fourth-order valence-corrected chi connectivity index (χ4v) is 6.39. The molecule has 2 aromatic heterocycles. The summed E-state index contributed by atoms with van der Waals surface area (Å²) in [6.45, 7) is 5.24. The summed E-state index contributed by atoms with van der Waals surface area (Å²) in [4.78, 5) is 42.4. The minimum Gasteiger partial charge on any atom is -0.477 e. The number of carboxylic acid groups (broad SMARTS) is 1. The molecule has 0 spiro atoms. The summed E-state index contributed by atoms with van der Waals surface area (Å²) >= 11 is 0. The molecule has 2 aromatic carbocycles. The molecule has 0 aliphatic heterocycles. The Morgan fingerprint density at radius 3 is 2.43 bits per heavy atom. The molecule has 0 aliphatic rings. The van der Waals surface area contributed by atoms with Crippen molar-refractivity contribution >= 4 is 44.5 Å². The monoisotopic (exact) mass is 623 g/mol. The third kappa shape index (κ3) is 6.95. The number of sulfonamides is 1. The number of nitrogens with zero attached hydrogens (tertiary/aromatic N) is 4. The maximum Gasteiger partial charge on any atom is 0.353 e. The first-order valence-electron chi connectivity index (χ1n) is 13.6. The summed E-state index contributed by atoms with van der Waals surface area (Å²) in [5.41, 5.74) is 6.99. The van der Waals surface area contributed by atoms with Crippen LogP contribution in [0.4, 0.5) is 5.95 Å². The van der Waals surface area contributed by atoms with Gasteiger partial charge in [-0.2, -0.15) is 17.5 Å². The number of benzene rings is 2. The van der Waals surface area contributed by atoms with E-state index in [1.807, 2.05) is 0 Å². The topological polar surface area (TPSA) is 211 Å². The fourth-order valence-electron chi connectivity index (χ4n) is 4.93. The Balaban J connectivity index is 1.63. The molecule has 44 heavy (non-hydrogen) atoms. The van der Waals surface area contributed by atoms with Gasteiger partial charge in [0.05, 0.1) is 29.4 Å². The molecule has 0 bridgehead atoms. The van der Waals surface area contributed by atoms with E-state index in [2.05, 4.69) is 20.0 Å². The molecular formula is C29H33N7O7S. The summed E-state index contributed by atoms with van der Waals surface area (Å²) in [5.74, 6) is -2.30. The van der Waals surface area contributed by atoms with E-state index in [1.54, 1.807) is 55.7 Å². The molecule has 15 heteroatoms. The number of pyridine rings is 1. The Kier molecular flexibility index (Phi) is 9.50. The van der Waals surface area contributed by atoms with E-state index in [0.29, 0.717) is 36.2 Å². The van der Waals surface area contributed by atoms with E-state index in [-0.39, 0.29) is 28.3 Å². The highest BCUT2D eigenvalue weighted by Crippen LogP contribution is 2.24. The van der Waals surface area contributed by atoms with Crippen molar-refractivity contribution < 1.29 is 28.3 Å². The minimum atomic E-state index is -4.42. The van der Waals surface area contributed by atoms with Gasteiger partial charge in [0, 0.05) is 24.7 Å². The number of aliphatic carboxylic acids is 1. The zero-order valence-electron chi connectivity index (χ0n) is 24.4. The van der Waals surface area contributed by atoms with E-state index in [9.17, 15) is 33.1 Å². The van der Waals surface area contributed by atoms with Crippen LogP contribution in [-0.2, 0) is 27.9 Å². The first-order chi connectivity index (χ1) is 20.8. The number of hydrogen-bond donors (Lipinski definition) is 5. The lowest BCUT2D eigenvalue weighted by Gasteiger charge is -2.15. The number of carbonyl (C=O) groups excluding carboxylic acids is 1. The highest BCUT2D eigenvalue weighted by atomic mass is 32.2. The average Bonchev–Trinajstić information content (AvgIpc) is 3.37. The number of anilines is 1. The molecule has 0 radical (unpaired) electrons. The van der Waals surface area contributed by atoms with Gasteiger partial charge >= 0.3 is 5.97 Å². The van der Waals surface area contributed by atoms with Gasteiger partial charge in [0.25, 0.3) is 15.9 Å². The van der Waals surface area contributed by atoms with Crippen molar-refractivity contribution in [1.29, 1.82) is 0 Å². The smallest absolute Gasteiger partial charge is 0.353 e. The predicted octanol–water partition coefficient (Wildman–Crippen LogP) is 1.97. The number of nitrogens with one attached hydrogen (secondary N) is 2. The number of carboxylic acids is 1. The van der Waals surface area contributed by atoms with Crippen LogP contribution in [0.3, 0.4) is 0 Å². The molecule has 0 fully saturated rings. The fraction of sp³-hybridized carbons (Fsp3) is 0.276. The highest BCUT2D eigenvalue weighted by molar-refractivity contribution is 7.90. The van der Waals surface area contributed by atoms with Crippen LogP contribution in [-0.4, -0.2) is 63.7 Å². The van der Waals surface area contributed by atoms with Gasteiger partial charge in [-0.05, 0) is 62.6 Å². The Labute approximate surface area is 252 Å². The normalized spacial score (nSPS) is 12.0. The Morgan fingerprint density at radius 1 is 1.11 bits per heavy atom. The molecule has 0 unspecified atom stereocenters. The van der Waals surface area contributed by atoms with Crippen LogP contribution >= 0.6 is 0 Å². The molecule has 2 heterocycles. The molecule has 0 aliphatic carbocycles. The minimum absolute atomic E-state index is 0.110. The van der Waals surface area contributed by atoms with Gasteiger partial charge in [0.1, 0.15) is 5.56 Å². The van der Waals surface area contributed by atoms with Crippen molar-refractivity contribution in [3.05, 3.63) is 87.0 Å². The Bertz CT molecular complexity index is 1920. The first kappa shape index (κ1) is 31.9. The summed E-state index contributed by atoms with van der Waals surface area (Å²) in [5, 5.41) is 25.0. The number of fused-ring (bicyclic) bond motifs is 1. The quantitative estimate of drug-likeness (QED) is 0.114. The Hall–Kier alpha value is -5.02. The summed E-state index contributed by atoms with van der Waals surface area (Å²) in [6, 6.07) is 8.32. The van der Waals surface area contributed by atoms with E-state index in [0.717, 1.165) is 15.9 Å². The third-order valence-electron chi connectivity index (χ3n) is 6.82. The number of imidazole rings is 1. The average molecular weight is 624 g/mol. The van der Waals surface area contributed by atoms with Gasteiger partial charge in [-0.15, -0.1) is 0 Å². The van der Waals surface area contributed by atoms with Crippen LogP contribution < -0.4 is 21.8 Å². The van der Waals surface area contributed by atoms with Crippen molar-refractivity contribution in [1.82, 2.24) is 19.6 Å². The van der Waals surface area contributed by atoms with Gasteiger partial charge in [0.2, 0.25) is 11.4 Å². The molecule has 1 amide bonds. The Morgan fingerprint density at radius 2 is 1.82 bits per heavy atom. The lowest BCUT2D eigenvalue weighted by molar-refractivity contribution is -0.129. The van der Waals surface area contributed by atoms with Crippen LogP contribution in [0, 0.1) is 20.8 Å². The highest BCUT2D eigenvalue weighted by Gasteiger charge is 2.24. The standard InChI is InChI=1S/C29H33N7O7S/c1-17-11-18(2)26(19(3)12-17)44(42,43)34-23(28(39)40)15-32-27(38)22-16-35(9-4-7-30)24-13-20(5-6-21(24)25(22)37)14-33-29-31-8-10-36(29)41/h5-6,8,10-13,16,41H,4,7,9,14-15,30H2,1-3H3,(H,31,33)(H,32,38)(H,39,40)/b34-23+. The van der Waals surface area contributed by atoms with Gasteiger partial charge in [-0.3, -0.25) is 9.59 Å². The van der Waals surface area contributed by atoms with Crippen LogP contribution in [0.5, 0.6) is 0 Å². The van der Waals surface area contributed by atoms with Crippen molar-refractivity contribution in [3.8, 4) is 0 Å². The van der Waals surface area contributed by atoms with E-state index < -0.39 is 39.6 Å². The second kappa shape index (κ2) is 13.1. The molecule has 0 saturated carbocycles. The van der Waals surface area contributed by atoms with E-state index in [1.165, 1.54) is 18.6 Å². The number of aromatic nitrogens is 3. The largest absolute Gasteiger partial charge is 0.477 e. The SMILES string of the molecule is Cc1cc(C)c(S(=O)(=O)/N=C(\CNC(=O)c2cn(CCCN)c3cc(CNc4nccn4O)ccc3c2=O)C(=O)O)c(C)c1. The molecule has 6 N–H and O–H groups in total. The molecule has 0 saturated heterocycles. The lowest BCUT2D eigenvalue weighted by Crippen LogP contribution is -2.36. The van der Waals surface area contributed by atoms with Crippen LogP contribution in [0.1, 0.15) is 39.0 Å². The van der Waals surface area contributed by atoms with Crippen molar-refractivity contribution in [2.24, 2.45) is 10.1 Å². The van der Waals surface area contributed by atoms with Crippen LogP contribution in [0.25, 0.3) is 10.9 Å². The number of carbonyl (C=O) groups is 2. The van der Waals surface area contributed by atoms with Gasteiger partial charge in [-0.25, -0.2) is 9.78 Å². The number of amides is 1. The molecule has 4 aromatic rings. The van der Waals surface area contributed by atoms with Crippen molar-refractivity contribution in [2.75, 3.05) is 18.4 Å². The molecule has 4 rings (SSSR count). The molecule has 0 atom stereocenters. The predicted molar refractivity (Wildman–Crippen MR) is 164 cm³/mol. The number of aryl methyl sites for hydroxylation is 4. The first-order valence-corrected chi connectivity index (χ1v) is 15.0. The van der Waals surface area contributed by atoms with Crippen molar-refractivity contribution in [2.45, 2.75) is 45.2 Å². The summed E-state index contributed by atoms with van der Waals surface area (Å²) < 4.78 is 32.2. The zero-order valence-corrected chi connectivity index (χ0v) is 25.2. The number of nitrogens with two attached hydrogens (primary N) is 1. The number of rotatable bonds is 12. The molecule has 232 valence electrons. The second-order valence-corrected chi connectivity index (χ2v) is 11.8. The van der Waals surface area contributed by atoms with E-state index in [4.69, 9.17) is 5.73 Å². The third-order valence-corrected chi connectivity index (χ3v) is 8.44. The summed E-state index contributed by atoms with van der Waals surface area (Å²) in [7, 11) is -4.42. The number of hydrogen-bond acceptors (Lipinski definition) is 9. The van der Waals surface area contributed by atoms with E-state index >= 15 is 0 Å². The molecule has 14 nitrogen and oxygen atoms in total. The lowest BCUT2D eigenvalue weighted by atomic mass is 10.1. The van der Waals surface area contributed by atoms with Crippen molar-refractivity contribution in [3.63, 3.8) is 0 Å². The van der Waals surface area contributed by atoms with Crippen LogP contribution in [0.15, 0.2) is 63.0 Å². The van der Waals surface area contributed by atoms with Gasteiger partial charge in [0.15, 0.2) is 5.71 Å². The maximum absolute atomic E-state index is 13.4. The van der Waals surface area contributed by atoms with Gasteiger partial charge < -0.3 is 31.2 Å². The second-order valence-electron chi connectivity index (χ2n) is 10.2. The van der Waals surface area contributed by atoms with Gasteiger partial charge in [-0.1, -0.05) is 23.8 Å². The summed E-state index contributed by atoms with van der Waals surface area (Å²) in [6.07, 6.45) is 4.70.